The van der Waals surface area contributed by atoms with Crippen LogP contribution >= 0.6 is 9.39 Å². The van der Waals surface area contributed by atoms with Gasteiger partial charge >= 0.3 is 0 Å². The number of rotatable bonds is 1. The molecule has 90 valence electrons. The summed E-state index contributed by atoms with van der Waals surface area (Å²) in [4.78, 5) is 0. The Bertz CT molecular complexity index is 353. The van der Waals surface area contributed by atoms with Crippen LogP contribution in [0.1, 0.15) is 34.1 Å². The monoisotopic (exact) mass is 239 g/mol. The highest BCUT2D eigenvalue weighted by atomic mass is 31.0. The van der Waals surface area contributed by atoms with E-state index >= 15 is 0 Å². The summed E-state index contributed by atoms with van der Waals surface area (Å²) in [6.45, 7) is 11.8. The Morgan fingerprint density at radius 2 is 2.00 bits per heavy atom. The molecule has 0 bridgehead atoms. The highest BCUT2D eigenvalue weighted by Crippen LogP contribution is 2.45. The standard InChI is InChI=1S/C13H22NOP/c1-6-8-11-10(7-2)13(5,15)9-12(3,4)14(11)16/h6-8,15H,1,9,16H2,2-5H3/b10-7+,11-8?. The first-order chi connectivity index (χ1) is 7.26. The van der Waals surface area contributed by atoms with Crippen LogP contribution in [0, 0.1) is 0 Å². The van der Waals surface area contributed by atoms with Crippen molar-refractivity contribution < 1.29 is 5.11 Å². The van der Waals surface area contributed by atoms with Crippen LogP contribution in [0.4, 0.5) is 0 Å². The molecule has 1 N–H and O–H groups in total. The molecule has 2 unspecified atom stereocenters. The molecule has 0 saturated carbocycles. The lowest BCUT2D eigenvalue weighted by atomic mass is 9.77. The lowest BCUT2D eigenvalue weighted by Gasteiger charge is -2.50. The molecule has 1 fully saturated rings. The van der Waals surface area contributed by atoms with Crippen molar-refractivity contribution in [1.82, 2.24) is 4.67 Å². The highest BCUT2D eigenvalue weighted by Gasteiger charge is 2.43. The van der Waals surface area contributed by atoms with Gasteiger partial charge in [0.25, 0.3) is 0 Å². The van der Waals surface area contributed by atoms with Gasteiger partial charge in [0, 0.05) is 23.2 Å². The summed E-state index contributed by atoms with van der Waals surface area (Å²) >= 11 is 0. The van der Waals surface area contributed by atoms with Gasteiger partial charge < -0.3 is 9.78 Å². The predicted octanol–water partition coefficient (Wildman–Crippen LogP) is 3.03. The van der Waals surface area contributed by atoms with Gasteiger partial charge in [-0.25, -0.2) is 0 Å². The first-order valence-electron chi connectivity index (χ1n) is 5.53. The predicted molar refractivity (Wildman–Crippen MR) is 72.9 cm³/mol. The summed E-state index contributed by atoms with van der Waals surface area (Å²) in [6.07, 6.45) is 6.38. The van der Waals surface area contributed by atoms with Crippen molar-refractivity contribution in [2.75, 3.05) is 0 Å². The van der Waals surface area contributed by atoms with Crippen molar-refractivity contribution in [3.63, 3.8) is 0 Å². The molecule has 0 aliphatic carbocycles. The van der Waals surface area contributed by atoms with E-state index in [1.807, 2.05) is 26.0 Å². The minimum atomic E-state index is -0.778. The van der Waals surface area contributed by atoms with E-state index in [0.29, 0.717) is 6.42 Å². The third kappa shape index (κ3) is 2.23. The summed E-state index contributed by atoms with van der Waals surface area (Å²) in [5.74, 6) is 0. The SMILES string of the molecule is C=CC=C1/C(=C\C)C(C)(O)CC(C)(C)N1P. The Kier molecular flexibility index (Phi) is 3.66. The van der Waals surface area contributed by atoms with Gasteiger partial charge in [-0.05, 0) is 43.2 Å². The van der Waals surface area contributed by atoms with Gasteiger partial charge in [0.1, 0.15) is 0 Å². The number of hydrogen-bond acceptors (Lipinski definition) is 2. The van der Waals surface area contributed by atoms with E-state index in [2.05, 4.69) is 34.5 Å². The van der Waals surface area contributed by atoms with Gasteiger partial charge in [-0.15, -0.1) is 0 Å². The molecule has 0 radical (unpaired) electrons. The van der Waals surface area contributed by atoms with Gasteiger partial charge in [0.05, 0.1) is 5.60 Å². The zero-order chi connectivity index (χ0) is 12.6. The van der Waals surface area contributed by atoms with Crippen molar-refractivity contribution >= 4 is 9.39 Å². The van der Waals surface area contributed by atoms with Gasteiger partial charge in [-0.3, -0.25) is 0 Å². The smallest absolute Gasteiger partial charge is 0.0907 e. The molecular weight excluding hydrogens is 217 g/mol. The van der Waals surface area contributed by atoms with Gasteiger partial charge in [0.2, 0.25) is 0 Å². The van der Waals surface area contributed by atoms with Crippen LogP contribution in [0.2, 0.25) is 0 Å². The number of nitrogens with zero attached hydrogens (tertiary/aromatic N) is 1. The second kappa shape index (κ2) is 4.35. The maximum atomic E-state index is 10.5. The molecule has 1 saturated heterocycles. The van der Waals surface area contributed by atoms with Crippen LogP contribution in [-0.4, -0.2) is 20.9 Å². The minimum Gasteiger partial charge on any atom is -0.385 e. The van der Waals surface area contributed by atoms with Crippen LogP contribution in [0.5, 0.6) is 0 Å². The average molecular weight is 239 g/mol. The summed E-state index contributed by atoms with van der Waals surface area (Å²) < 4.78 is 2.13. The third-order valence-corrected chi connectivity index (χ3v) is 4.09. The topological polar surface area (TPSA) is 23.5 Å². The number of aliphatic hydroxyl groups is 1. The molecular formula is C13H22NOP. The number of piperidine rings is 1. The molecule has 16 heavy (non-hydrogen) atoms. The van der Waals surface area contributed by atoms with Gasteiger partial charge in [-0.2, -0.15) is 0 Å². The van der Waals surface area contributed by atoms with E-state index in [-0.39, 0.29) is 5.54 Å². The third-order valence-electron chi connectivity index (χ3n) is 3.11. The van der Waals surface area contributed by atoms with Crippen molar-refractivity contribution in [3.05, 3.63) is 36.1 Å². The summed E-state index contributed by atoms with van der Waals surface area (Å²) in [6, 6.07) is 0. The fraction of sp³-hybridized carbons (Fsp3) is 0.538. The van der Waals surface area contributed by atoms with Crippen LogP contribution in [0.15, 0.2) is 36.1 Å². The Hall–Kier alpha value is -0.590. The van der Waals surface area contributed by atoms with Crippen molar-refractivity contribution in [1.29, 1.82) is 0 Å². The lowest BCUT2D eigenvalue weighted by Crippen LogP contribution is -2.51. The largest absolute Gasteiger partial charge is 0.385 e. The Labute approximate surface area is 101 Å². The fourth-order valence-electron chi connectivity index (χ4n) is 2.50. The lowest BCUT2D eigenvalue weighted by molar-refractivity contribution is 0.0277. The Morgan fingerprint density at radius 1 is 1.44 bits per heavy atom. The van der Waals surface area contributed by atoms with Gasteiger partial charge in [-0.1, -0.05) is 18.7 Å². The summed E-state index contributed by atoms with van der Waals surface area (Å²) in [7, 11) is 2.74. The molecule has 1 rings (SSSR count). The summed E-state index contributed by atoms with van der Waals surface area (Å²) in [5.41, 5.74) is 1.11. The van der Waals surface area contributed by atoms with Gasteiger partial charge in [0.15, 0.2) is 0 Å². The zero-order valence-corrected chi connectivity index (χ0v) is 11.8. The first-order valence-corrected chi connectivity index (χ1v) is 6.05. The molecule has 1 aliphatic heterocycles. The van der Waals surface area contributed by atoms with E-state index in [9.17, 15) is 5.11 Å². The van der Waals surface area contributed by atoms with Crippen molar-refractivity contribution in [3.8, 4) is 0 Å². The minimum absolute atomic E-state index is 0.0878. The highest BCUT2D eigenvalue weighted by molar-refractivity contribution is 7.13. The molecule has 2 atom stereocenters. The van der Waals surface area contributed by atoms with E-state index in [4.69, 9.17) is 0 Å². The molecule has 0 amide bonds. The quantitative estimate of drug-likeness (QED) is 0.711. The fourth-order valence-corrected chi connectivity index (χ4v) is 2.81. The van der Waals surface area contributed by atoms with E-state index in [1.54, 1.807) is 6.08 Å². The molecule has 0 aromatic carbocycles. The maximum Gasteiger partial charge on any atom is 0.0907 e. The Morgan fingerprint density at radius 3 is 2.44 bits per heavy atom. The van der Waals surface area contributed by atoms with Crippen molar-refractivity contribution in [2.45, 2.75) is 45.3 Å². The molecule has 3 heteroatoms. The van der Waals surface area contributed by atoms with E-state index < -0.39 is 5.60 Å². The Balaban J connectivity index is 3.31. The number of allylic oxidation sites excluding steroid dienone is 3. The first kappa shape index (κ1) is 13.5. The van der Waals surface area contributed by atoms with Crippen LogP contribution in [-0.2, 0) is 0 Å². The maximum absolute atomic E-state index is 10.5. The molecule has 0 aromatic heterocycles. The molecule has 1 aliphatic rings. The molecule has 1 heterocycles. The molecule has 0 aromatic rings. The van der Waals surface area contributed by atoms with Crippen LogP contribution in [0.25, 0.3) is 0 Å². The number of hydrogen-bond donors (Lipinski definition) is 1. The zero-order valence-electron chi connectivity index (χ0n) is 10.6. The normalized spacial score (nSPS) is 34.5. The second-order valence-corrected chi connectivity index (χ2v) is 5.64. The van der Waals surface area contributed by atoms with E-state index in [1.165, 1.54) is 0 Å². The van der Waals surface area contributed by atoms with E-state index in [0.717, 1.165) is 11.3 Å². The average Bonchev–Trinajstić information content (AvgIpc) is 2.12. The van der Waals surface area contributed by atoms with Crippen LogP contribution < -0.4 is 0 Å². The summed E-state index contributed by atoms with van der Waals surface area (Å²) in [5, 5.41) is 10.5. The van der Waals surface area contributed by atoms with Crippen LogP contribution in [0.3, 0.4) is 0 Å². The molecule has 0 spiro atoms. The second-order valence-electron chi connectivity index (χ2n) is 5.12. The van der Waals surface area contributed by atoms with Crippen molar-refractivity contribution in [2.24, 2.45) is 0 Å². The molecule has 2 nitrogen and oxygen atoms in total.